The van der Waals surface area contributed by atoms with E-state index in [9.17, 15) is 4.79 Å². The van der Waals surface area contributed by atoms with Gasteiger partial charge in [-0.1, -0.05) is 23.2 Å². The Morgan fingerprint density at radius 1 is 1.11 bits per heavy atom. The maximum Gasteiger partial charge on any atom is 0.412 e. The largest absolute Gasteiger partial charge is 0.494 e. The number of amides is 1. The Hall–Kier alpha value is -1.56. The number of anilines is 1. The molecular weight excluding hydrogens is 405 g/mol. The normalized spacial score (nSPS) is 14.9. The number of hydrogen-bond donors (Lipinski definition) is 1. The summed E-state index contributed by atoms with van der Waals surface area (Å²) in [5.41, 5.74) is 1.00. The topological polar surface area (TPSA) is 47.6 Å². The van der Waals surface area contributed by atoms with E-state index in [1.807, 2.05) is 50.2 Å². The molecule has 1 aliphatic rings. The summed E-state index contributed by atoms with van der Waals surface area (Å²) >= 11 is 13.7. The number of carbonyl (C=O) groups excluding carboxylic acids is 1. The van der Waals surface area contributed by atoms with Gasteiger partial charge in [-0.3, -0.25) is 5.32 Å². The van der Waals surface area contributed by atoms with Crippen LogP contribution in [0.15, 0.2) is 41.3 Å². The highest BCUT2D eigenvalue weighted by atomic mass is 35.5. The van der Waals surface area contributed by atoms with E-state index in [2.05, 4.69) is 5.32 Å². The number of carbonyl (C=O) groups is 1. The number of cyclic esters (lactones) is 1. The van der Waals surface area contributed by atoms with Crippen LogP contribution in [0.2, 0.25) is 10.0 Å². The van der Waals surface area contributed by atoms with Crippen LogP contribution in [0.5, 0.6) is 5.75 Å². The van der Waals surface area contributed by atoms with Gasteiger partial charge >= 0.3 is 6.09 Å². The second-order valence-corrected chi connectivity index (χ2v) is 8.69. The predicted octanol–water partition coefficient (Wildman–Crippen LogP) is 6.74. The molecule has 0 atom stereocenters. The molecule has 4 nitrogen and oxygen atoms in total. The molecule has 0 radical (unpaired) electrons. The van der Waals surface area contributed by atoms with E-state index in [-0.39, 0.29) is 0 Å². The number of halogens is 2. The molecule has 2 aromatic rings. The predicted molar refractivity (Wildman–Crippen MR) is 111 cm³/mol. The van der Waals surface area contributed by atoms with Gasteiger partial charge in [-0.25, -0.2) is 4.79 Å². The molecule has 0 fully saturated rings. The highest BCUT2D eigenvalue weighted by Crippen LogP contribution is 2.37. The molecule has 0 saturated carbocycles. The van der Waals surface area contributed by atoms with Crippen LogP contribution in [0.4, 0.5) is 10.5 Å². The molecule has 27 heavy (non-hydrogen) atoms. The van der Waals surface area contributed by atoms with Gasteiger partial charge in [0.2, 0.25) is 0 Å². The zero-order valence-electron chi connectivity index (χ0n) is 15.2. The maximum atomic E-state index is 11.6. The molecule has 0 unspecified atom stereocenters. The van der Waals surface area contributed by atoms with Gasteiger partial charge < -0.3 is 9.47 Å². The average Bonchev–Trinajstić information content (AvgIpc) is 2.60. The molecule has 1 heterocycles. The number of thioether (sulfide) groups is 1. The van der Waals surface area contributed by atoms with Crippen LogP contribution in [-0.4, -0.2) is 18.5 Å². The van der Waals surface area contributed by atoms with E-state index >= 15 is 0 Å². The SMILES string of the molecule is CC1(C)OC(=O)Nc2ccc(OCCCCSc3ccc(Cl)c(Cl)c3)cc21. The molecule has 7 heteroatoms. The van der Waals surface area contributed by atoms with Gasteiger partial charge in [0.25, 0.3) is 0 Å². The monoisotopic (exact) mass is 425 g/mol. The Morgan fingerprint density at radius 2 is 1.93 bits per heavy atom. The second kappa shape index (κ2) is 8.63. The van der Waals surface area contributed by atoms with Crippen LogP contribution in [0.1, 0.15) is 32.3 Å². The highest BCUT2D eigenvalue weighted by molar-refractivity contribution is 7.99. The first kappa shape index (κ1) is 20.2. The van der Waals surface area contributed by atoms with Gasteiger partial charge in [0.1, 0.15) is 11.4 Å². The van der Waals surface area contributed by atoms with E-state index in [0.29, 0.717) is 16.7 Å². The third-order valence-corrected chi connectivity index (χ3v) is 6.01. The summed E-state index contributed by atoms with van der Waals surface area (Å²) in [4.78, 5) is 12.7. The zero-order chi connectivity index (χ0) is 19.4. The first-order chi connectivity index (χ1) is 12.8. The summed E-state index contributed by atoms with van der Waals surface area (Å²) in [6.45, 7) is 4.37. The molecule has 1 N–H and O–H groups in total. The fourth-order valence-corrected chi connectivity index (χ4v) is 4.11. The minimum atomic E-state index is -0.673. The molecule has 0 saturated heterocycles. The molecular formula is C20H21Cl2NO3S. The smallest absolute Gasteiger partial charge is 0.412 e. The molecule has 144 valence electrons. The third-order valence-electron chi connectivity index (χ3n) is 4.19. The number of hydrogen-bond acceptors (Lipinski definition) is 4. The molecule has 0 aromatic heterocycles. The Labute approximate surface area is 173 Å². The van der Waals surface area contributed by atoms with Gasteiger partial charge in [0, 0.05) is 10.5 Å². The van der Waals surface area contributed by atoms with Crippen LogP contribution >= 0.6 is 35.0 Å². The van der Waals surface area contributed by atoms with Crippen LogP contribution in [-0.2, 0) is 10.3 Å². The van der Waals surface area contributed by atoms with Crippen LogP contribution < -0.4 is 10.1 Å². The molecule has 2 aromatic carbocycles. The maximum absolute atomic E-state index is 11.6. The minimum absolute atomic E-state index is 0.430. The number of rotatable bonds is 7. The summed E-state index contributed by atoms with van der Waals surface area (Å²) < 4.78 is 11.2. The van der Waals surface area contributed by atoms with Crippen molar-refractivity contribution in [1.29, 1.82) is 0 Å². The lowest BCUT2D eigenvalue weighted by atomic mass is 9.94. The fourth-order valence-electron chi connectivity index (χ4n) is 2.79. The molecule has 1 amide bonds. The van der Waals surface area contributed by atoms with Crippen LogP contribution in [0.3, 0.4) is 0 Å². The second-order valence-electron chi connectivity index (χ2n) is 6.71. The number of nitrogens with one attached hydrogen (secondary N) is 1. The summed E-state index contributed by atoms with van der Waals surface area (Å²) in [5, 5.41) is 3.87. The van der Waals surface area contributed by atoms with Gasteiger partial charge in [-0.05, 0) is 68.8 Å². The average molecular weight is 426 g/mol. The van der Waals surface area contributed by atoms with Crippen molar-refractivity contribution in [3.8, 4) is 5.75 Å². The first-order valence-corrected chi connectivity index (χ1v) is 10.4. The zero-order valence-corrected chi connectivity index (χ0v) is 17.5. The number of fused-ring (bicyclic) bond motifs is 1. The van der Waals surface area contributed by atoms with E-state index in [4.69, 9.17) is 32.7 Å². The van der Waals surface area contributed by atoms with Crippen LogP contribution in [0.25, 0.3) is 0 Å². The van der Waals surface area contributed by atoms with Gasteiger partial charge in [0.05, 0.1) is 22.3 Å². The van der Waals surface area contributed by atoms with E-state index in [1.165, 1.54) is 0 Å². The Morgan fingerprint density at radius 3 is 2.70 bits per heavy atom. The van der Waals surface area contributed by atoms with Crippen molar-refractivity contribution in [3.05, 3.63) is 52.0 Å². The molecule has 1 aliphatic heterocycles. The first-order valence-electron chi connectivity index (χ1n) is 8.70. The number of unbranched alkanes of at least 4 members (excludes halogenated alkanes) is 1. The number of benzene rings is 2. The Bertz CT molecular complexity index is 842. The van der Waals surface area contributed by atoms with Crippen molar-refractivity contribution in [2.75, 3.05) is 17.7 Å². The van der Waals surface area contributed by atoms with Gasteiger partial charge in [-0.2, -0.15) is 0 Å². The molecule has 3 rings (SSSR count). The van der Waals surface area contributed by atoms with Crippen molar-refractivity contribution in [2.45, 2.75) is 37.2 Å². The molecule has 0 spiro atoms. The van der Waals surface area contributed by atoms with E-state index in [1.54, 1.807) is 11.8 Å². The third kappa shape index (κ3) is 5.24. The summed E-state index contributed by atoms with van der Waals surface area (Å²) in [5.74, 6) is 1.76. The standard InChI is InChI=1S/C20H21Cl2NO3S/c1-20(2)15-11-13(5-8-18(15)23-19(24)26-20)25-9-3-4-10-27-14-6-7-16(21)17(22)12-14/h5-8,11-12H,3-4,9-10H2,1-2H3,(H,23,24). The van der Waals surface area contributed by atoms with Crippen LogP contribution in [0, 0.1) is 0 Å². The summed E-state index contributed by atoms with van der Waals surface area (Å²) in [7, 11) is 0. The van der Waals surface area contributed by atoms with E-state index in [0.717, 1.165) is 40.5 Å². The highest BCUT2D eigenvalue weighted by Gasteiger charge is 2.33. The van der Waals surface area contributed by atoms with E-state index < -0.39 is 11.7 Å². The Balaban J connectivity index is 1.44. The molecule has 0 aliphatic carbocycles. The van der Waals surface area contributed by atoms with Crippen molar-refractivity contribution in [3.63, 3.8) is 0 Å². The lowest BCUT2D eigenvalue weighted by molar-refractivity contribution is 0.0418. The summed E-state index contributed by atoms with van der Waals surface area (Å²) in [6.07, 6.45) is 1.54. The van der Waals surface area contributed by atoms with Gasteiger partial charge in [0.15, 0.2) is 0 Å². The fraction of sp³-hybridized carbons (Fsp3) is 0.350. The quantitative estimate of drug-likeness (QED) is 0.393. The minimum Gasteiger partial charge on any atom is -0.494 e. The molecule has 0 bridgehead atoms. The Kier molecular flexibility index (Phi) is 6.45. The number of ether oxygens (including phenoxy) is 2. The van der Waals surface area contributed by atoms with Crippen molar-refractivity contribution < 1.29 is 14.3 Å². The van der Waals surface area contributed by atoms with Crippen molar-refractivity contribution in [1.82, 2.24) is 0 Å². The summed E-state index contributed by atoms with van der Waals surface area (Å²) in [6, 6.07) is 11.3. The van der Waals surface area contributed by atoms with Crippen molar-refractivity contribution in [2.24, 2.45) is 0 Å². The van der Waals surface area contributed by atoms with Crippen molar-refractivity contribution >= 4 is 46.7 Å². The lowest BCUT2D eigenvalue weighted by Crippen LogP contribution is -2.34. The lowest BCUT2D eigenvalue weighted by Gasteiger charge is -2.32. The van der Waals surface area contributed by atoms with Gasteiger partial charge in [-0.15, -0.1) is 11.8 Å².